The van der Waals surface area contributed by atoms with Gasteiger partial charge in [0.2, 0.25) is 5.91 Å². The van der Waals surface area contributed by atoms with Gasteiger partial charge in [-0.1, -0.05) is 29.5 Å². The van der Waals surface area contributed by atoms with Crippen molar-refractivity contribution in [1.29, 1.82) is 0 Å². The number of amides is 1. The van der Waals surface area contributed by atoms with Crippen LogP contribution in [0.1, 0.15) is 36.9 Å². The number of benzene rings is 2. The molecule has 4 rings (SSSR count). The van der Waals surface area contributed by atoms with Crippen LogP contribution in [0, 0.1) is 12.8 Å². The molecular formula is C27H32N4O3S. The second-order valence-electron chi connectivity index (χ2n) is 8.72. The molecule has 0 radical (unpaired) electrons. The molecule has 2 atom stereocenters. The molecule has 1 saturated heterocycles. The third-order valence-electron chi connectivity index (χ3n) is 6.24. The van der Waals surface area contributed by atoms with Crippen molar-refractivity contribution in [2.45, 2.75) is 42.7 Å². The monoisotopic (exact) mass is 492 g/mol. The molecule has 1 aliphatic heterocycles. The topological polar surface area (TPSA) is 76.6 Å². The Morgan fingerprint density at radius 2 is 1.89 bits per heavy atom. The number of methoxy groups -OCH3 is 2. The van der Waals surface area contributed by atoms with E-state index in [1.165, 1.54) is 5.56 Å². The minimum absolute atomic E-state index is 0.0312. The van der Waals surface area contributed by atoms with Gasteiger partial charge in [0.15, 0.2) is 5.82 Å². The summed E-state index contributed by atoms with van der Waals surface area (Å²) >= 11 is 1.60. The molecule has 1 aliphatic rings. The van der Waals surface area contributed by atoms with Gasteiger partial charge in [-0.25, -0.2) is 9.97 Å². The highest BCUT2D eigenvalue weighted by molar-refractivity contribution is 7.99. The summed E-state index contributed by atoms with van der Waals surface area (Å²) in [7, 11) is 3.26. The summed E-state index contributed by atoms with van der Waals surface area (Å²) in [5, 5.41) is 4.03. The molecule has 2 aromatic carbocycles. The lowest BCUT2D eigenvalue weighted by Crippen LogP contribution is -2.44. The minimum Gasteiger partial charge on any atom is -0.497 e. The molecule has 8 heteroatoms. The summed E-state index contributed by atoms with van der Waals surface area (Å²) in [6, 6.07) is 13.8. The van der Waals surface area contributed by atoms with Crippen LogP contribution in [-0.4, -0.2) is 43.2 Å². The SMILES string of the molecule is COc1ccc(OC)c([C@@H](C)NC(=O)[C@@H]2CCCN(c3nccnc3Sc3ccc(C)cc3)C2)c1. The Labute approximate surface area is 211 Å². The van der Waals surface area contributed by atoms with Crippen LogP contribution in [-0.2, 0) is 4.79 Å². The zero-order valence-electron chi connectivity index (χ0n) is 20.7. The van der Waals surface area contributed by atoms with Crippen molar-refractivity contribution >= 4 is 23.5 Å². The Morgan fingerprint density at radius 3 is 2.63 bits per heavy atom. The number of carbonyl (C=O) groups excluding carboxylic acids is 1. The van der Waals surface area contributed by atoms with Crippen molar-refractivity contribution < 1.29 is 14.3 Å². The van der Waals surface area contributed by atoms with E-state index in [9.17, 15) is 4.79 Å². The van der Waals surface area contributed by atoms with E-state index in [4.69, 9.17) is 9.47 Å². The molecule has 0 bridgehead atoms. The van der Waals surface area contributed by atoms with E-state index in [0.29, 0.717) is 6.54 Å². The zero-order chi connectivity index (χ0) is 24.8. The first kappa shape index (κ1) is 24.9. The Balaban J connectivity index is 1.46. The third-order valence-corrected chi connectivity index (χ3v) is 7.23. The van der Waals surface area contributed by atoms with Crippen LogP contribution in [0.15, 0.2) is 64.8 Å². The summed E-state index contributed by atoms with van der Waals surface area (Å²) in [6.07, 6.45) is 5.19. The van der Waals surface area contributed by atoms with E-state index < -0.39 is 0 Å². The molecule has 0 aliphatic carbocycles. The molecule has 3 aromatic rings. The van der Waals surface area contributed by atoms with Crippen LogP contribution in [0.3, 0.4) is 0 Å². The number of ether oxygens (including phenoxy) is 2. The first-order valence-electron chi connectivity index (χ1n) is 11.8. The van der Waals surface area contributed by atoms with Crippen LogP contribution >= 0.6 is 11.8 Å². The smallest absolute Gasteiger partial charge is 0.225 e. The number of anilines is 1. The maximum Gasteiger partial charge on any atom is 0.225 e. The molecule has 1 N–H and O–H groups in total. The van der Waals surface area contributed by atoms with Gasteiger partial charge >= 0.3 is 0 Å². The van der Waals surface area contributed by atoms with Crippen molar-refractivity contribution in [3.63, 3.8) is 0 Å². The van der Waals surface area contributed by atoms with Gasteiger partial charge in [0.1, 0.15) is 16.5 Å². The number of hydrogen-bond donors (Lipinski definition) is 1. The average molecular weight is 493 g/mol. The van der Waals surface area contributed by atoms with Crippen LogP contribution in [0.5, 0.6) is 11.5 Å². The van der Waals surface area contributed by atoms with Gasteiger partial charge in [0, 0.05) is 35.9 Å². The molecule has 1 aromatic heterocycles. The normalized spacial score (nSPS) is 16.5. The molecular weight excluding hydrogens is 460 g/mol. The summed E-state index contributed by atoms with van der Waals surface area (Å²) in [5.74, 6) is 2.18. The number of piperidine rings is 1. The second kappa shape index (κ2) is 11.4. The quantitative estimate of drug-likeness (QED) is 0.472. The summed E-state index contributed by atoms with van der Waals surface area (Å²) in [6.45, 7) is 5.50. The predicted octanol–water partition coefficient (Wildman–Crippen LogP) is 5.05. The molecule has 7 nitrogen and oxygen atoms in total. The fourth-order valence-corrected chi connectivity index (χ4v) is 5.18. The standard InChI is InChI=1S/C27H32N4O3S/c1-18-7-10-22(11-8-18)35-27-25(28-13-14-29-27)31-15-5-6-20(17-31)26(32)30-19(2)23-16-21(33-3)9-12-24(23)34-4/h7-14,16,19-20H,5-6,15,17H2,1-4H3,(H,30,32)/t19-,20-/m1/s1. The highest BCUT2D eigenvalue weighted by Gasteiger charge is 2.29. The minimum atomic E-state index is -0.216. The number of nitrogens with one attached hydrogen (secondary N) is 1. The number of aromatic nitrogens is 2. The molecule has 35 heavy (non-hydrogen) atoms. The van der Waals surface area contributed by atoms with Crippen molar-refractivity contribution in [2.75, 3.05) is 32.2 Å². The number of nitrogens with zero attached hydrogens (tertiary/aromatic N) is 3. The number of carbonyl (C=O) groups is 1. The third kappa shape index (κ3) is 6.06. The largest absolute Gasteiger partial charge is 0.497 e. The Bertz CT molecular complexity index is 1160. The van der Waals surface area contributed by atoms with E-state index in [2.05, 4.69) is 51.4 Å². The van der Waals surface area contributed by atoms with E-state index in [-0.39, 0.29) is 17.9 Å². The predicted molar refractivity (Wildman–Crippen MR) is 138 cm³/mol. The number of rotatable bonds is 8. The van der Waals surface area contributed by atoms with Crippen molar-refractivity contribution in [3.05, 3.63) is 66.0 Å². The maximum absolute atomic E-state index is 13.3. The molecule has 2 heterocycles. The molecule has 1 amide bonds. The lowest BCUT2D eigenvalue weighted by atomic mass is 9.96. The van der Waals surface area contributed by atoms with E-state index >= 15 is 0 Å². The lowest BCUT2D eigenvalue weighted by Gasteiger charge is -2.34. The summed E-state index contributed by atoms with van der Waals surface area (Å²) in [4.78, 5) is 25.8. The molecule has 184 valence electrons. The Morgan fingerprint density at radius 1 is 1.11 bits per heavy atom. The fourth-order valence-electron chi connectivity index (χ4n) is 4.30. The lowest BCUT2D eigenvalue weighted by molar-refractivity contribution is -0.125. The molecule has 0 spiro atoms. The Kier molecular flexibility index (Phi) is 8.13. The fraction of sp³-hybridized carbons (Fsp3) is 0.370. The van der Waals surface area contributed by atoms with E-state index in [1.807, 2.05) is 25.1 Å². The zero-order valence-corrected chi connectivity index (χ0v) is 21.5. The van der Waals surface area contributed by atoms with Gasteiger partial charge in [0.05, 0.1) is 26.2 Å². The first-order chi connectivity index (χ1) is 17.0. The van der Waals surface area contributed by atoms with Gasteiger partial charge in [-0.15, -0.1) is 0 Å². The number of aryl methyl sites for hydroxylation is 1. The van der Waals surface area contributed by atoms with Gasteiger partial charge in [0.25, 0.3) is 0 Å². The molecule has 0 saturated carbocycles. The first-order valence-corrected chi connectivity index (χ1v) is 12.6. The van der Waals surface area contributed by atoms with Gasteiger partial charge < -0.3 is 19.7 Å². The van der Waals surface area contributed by atoms with Gasteiger partial charge in [-0.3, -0.25) is 4.79 Å². The van der Waals surface area contributed by atoms with Crippen molar-refractivity contribution in [1.82, 2.24) is 15.3 Å². The maximum atomic E-state index is 13.3. The second-order valence-corrected chi connectivity index (χ2v) is 9.79. The summed E-state index contributed by atoms with van der Waals surface area (Å²) in [5.41, 5.74) is 2.11. The van der Waals surface area contributed by atoms with Crippen LogP contribution in [0.25, 0.3) is 0 Å². The highest BCUT2D eigenvalue weighted by Crippen LogP contribution is 2.34. The summed E-state index contributed by atoms with van der Waals surface area (Å²) < 4.78 is 10.9. The van der Waals surface area contributed by atoms with Crippen LogP contribution < -0.4 is 19.7 Å². The van der Waals surface area contributed by atoms with Crippen LogP contribution in [0.4, 0.5) is 5.82 Å². The molecule has 1 fully saturated rings. The van der Waals surface area contributed by atoms with E-state index in [1.54, 1.807) is 38.4 Å². The Hall–Kier alpha value is -3.26. The number of hydrogen-bond acceptors (Lipinski definition) is 7. The average Bonchev–Trinajstić information content (AvgIpc) is 2.90. The van der Waals surface area contributed by atoms with Gasteiger partial charge in [-0.2, -0.15) is 0 Å². The van der Waals surface area contributed by atoms with E-state index in [0.717, 1.165) is 52.2 Å². The highest BCUT2D eigenvalue weighted by atomic mass is 32.2. The van der Waals surface area contributed by atoms with Crippen molar-refractivity contribution in [3.8, 4) is 11.5 Å². The van der Waals surface area contributed by atoms with Crippen LogP contribution in [0.2, 0.25) is 0 Å². The van der Waals surface area contributed by atoms with Crippen molar-refractivity contribution in [2.24, 2.45) is 5.92 Å². The molecule has 0 unspecified atom stereocenters. The van der Waals surface area contributed by atoms with Gasteiger partial charge in [-0.05, 0) is 57.0 Å².